The molecule has 3 atom stereocenters. The van der Waals surface area contributed by atoms with Crippen molar-refractivity contribution in [1.29, 1.82) is 0 Å². The van der Waals surface area contributed by atoms with Gasteiger partial charge in [0.05, 0.1) is 6.10 Å². The molecule has 0 bridgehead atoms. The van der Waals surface area contributed by atoms with Gasteiger partial charge in [-0.15, -0.1) is 0 Å². The molecule has 2 rings (SSSR count). The van der Waals surface area contributed by atoms with Gasteiger partial charge in [-0.05, 0) is 38.5 Å². The molecule has 100 valence electrons. The monoisotopic (exact) mass is 239 g/mol. The molecule has 2 heteroatoms. The Kier molecular flexibility index (Phi) is 5.30. The average molecular weight is 239 g/mol. The number of nitrogens with one attached hydrogen (secondary N) is 1. The highest BCUT2D eigenvalue weighted by molar-refractivity contribution is 4.94. The lowest BCUT2D eigenvalue weighted by atomic mass is 10.0. The molecule has 0 aromatic heterocycles. The molecule has 1 aliphatic carbocycles. The van der Waals surface area contributed by atoms with Crippen LogP contribution in [0.15, 0.2) is 0 Å². The Morgan fingerprint density at radius 1 is 1.18 bits per heavy atom. The van der Waals surface area contributed by atoms with Gasteiger partial charge in [0.15, 0.2) is 0 Å². The van der Waals surface area contributed by atoms with Gasteiger partial charge in [-0.3, -0.25) is 0 Å². The van der Waals surface area contributed by atoms with Gasteiger partial charge in [0, 0.05) is 18.7 Å². The molecule has 0 amide bonds. The molecule has 0 aromatic carbocycles. The summed E-state index contributed by atoms with van der Waals surface area (Å²) in [5.74, 6) is 0.877. The Morgan fingerprint density at radius 2 is 2.00 bits per heavy atom. The van der Waals surface area contributed by atoms with E-state index in [-0.39, 0.29) is 0 Å². The van der Waals surface area contributed by atoms with Gasteiger partial charge in [-0.25, -0.2) is 0 Å². The van der Waals surface area contributed by atoms with Gasteiger partial charge in [-0.2, -0.15) is 0 Å². The molecule has 1 heterocycles. The largest absolute Gasteiger partial charge is 0.376 e. The Labute approximate surface area is 107 Å². The quantitative estimate of drug-likeness (QED) is 0.655. The Bertz CT molecular complexity index is 215. The molecule has 2 fully saturated rings. The lowest BCUT2D eigenvalue weighted by molar-refractivity contribution is 0.0790. The Balaban J connectivity index is 1.61. The van der Waals surface area contributed by atoms with Gasteiger partial charge in [0.25, 0.3) is 0 Å². The lowest BCUT2D eigenvalue weighted by Crippen LogP contribution is -2.42. The van der Waals surface area contributed by atoms with Crippen molar-refractivity contribution >= 4 is 0 Å². The third kappa shape index (κ3) is 4.26. The maximum Gasteiger partial charge on any atom is 0.0757 e. The van der Waals surface area contributed by atoms with E-state index in [1.807, 2.05) is 0 Å². The van der Waals surface area contributed by atoms with Gasteiger partial charge >= 0.3 is 0 Å². The number of hydrogen-bond donors (Lipinski definition) is 1. The summed E-state index contributed by atoms with van der Waals surface area (Å²) in [6.07, 6.45) is 11.4. The van der Waals surface area contributed by atoms with Crippen molar-refractivity contribution < 1.29 is 4.74 Å². The number of unbranched alkanes of at least 4 members (excludes halogenated alkanes) is 3. The first kappa shape index (κ1) is 13.4. The predicted octanol–water partition coefficient (Wildman–Crippen LogP) is 3.50. The first-order chi connectivity index (χ1) is 8.31. The number of ether oxygens (including phenoxy) is 1. The van der Waals surface area contributed by atoms with Crippen LogP contribution in [-0.4, -0.2) is 24.8 Å². The van der Waals surface area contributed by atoms with Crippen LogP contribution in [0.3, 0.4) is 0 Å². The summed E-state index contributed by atoms with van der Waals surface area (Å²) in [6, 6.07) is 1.31. The van der Waals surface area contributed by atoms with Gasteiger partial charge < -0.3 is 10.1 Å². The van der Waals surface area contributed by atoms with Crippen molar-refractivity contribution in [2.75, 3.05) is 6.61 Å². The van der Waals surface area contributed by atoms with Gasteiger partial charge in [-0.1, -0.05) is 32.6 Å². The van der Waals surface area contributed by atoms with Gasteiger partial charge in [0.1, 0.15) is 0 Å². The molecular formula is C15H29NO. The molecular weight excluding hydrogens is 210 g/mol. The summed E-state index contributed by atoms with van der Waals surface area (Å²) >= 11 is 0. The van der Waals surface area contributed by atoms with E-state index in [1.54, 1.807) is 0 Å². The number of hydrogen-bond acceptors (Lipinski definition) is 2. The zero-order valence-corrected chi connectivity index (χ0v) is 11.6. The molecule has 3 unspecified atom stereocenters. The predicted molar refractivity (Wildman–Crippen MR) is 72.2 cm³/mol. The molecule has 2 aliphatic rings. The second-order valence-corrected chi connectivity index (χ2v) is 5.99. The topological polar surface area (TPSA) is 21.3 Å². The molecule has 0 aromatic rings. The minimum Gasteiger partial charge on any atom is -0.376 e. The normalized spacial score (nSPS) is 30.7. The molecule has 2 nitrogen and oxygen atoms in total. The second kappa shape index (κ2) is 6.75. The third-order valence-corrected chi connectivity index (χ3v) is 4.21. The summed E-state index contributed by atoms with van der Waals surface area (Å²) in [4.78, 5) is 0. The molecule has 1 saturated carbocycles. The molecule has 1 N–H and O–H groups in total. The van der Waals surface area contributed by atoms with Crippen molar-refractivity contribution in [3.05, 3.63) is 0 Å². The van der Waals surface area contributed by atoms with Crippen molar-refractivity contribution in [2.45, 2.75) is 83.4 Å². The van der Waals surface area contributed by atoms with Crippen LogP contribution in [0.2, 0.25) is 0 Å². The van der Waals surface area contributed by atoms with Crippen LogP contribution in [-0.2, 0) is 4.74 Å². The van der Waals surface area contributed by atoms with Crippen LogP contribution in [0.25, 0.3) is 0 Å². The summed E-state index contributed by atoms with van der Waals surface area (Å²) in [7, 11) is 0. The van der Waals surface area contributed by atoms with E-state index in [4.69, 9.17) is 4.74 Å². The second-order valence-electron chi connectivity index (χ2n) is 5.99. The molecule has 0 radical (unpaired) electrons. The maximum atomic E-state index is 5.87. The van der Waals surface area contributed by atoms with Crippen molar-refractivity contribution in [1.82, 2.24) is 5.32 Å². The van der Waals surface area contributed by atoms with Crippen LogP contribution in [0.5, 0.6) is 0 Å². The summed E-state index contributed by atoms with van der Waals surface area (Å²) in [6.45, 7) is 5.59. The first-order valence-electron chi connectivity index (χ1n) is 7.69. The Morgan fingerprint density at radius 3 is 2.71 bits per heavy atom. The fourth-order valence-corrected chi connectivity index (χ4v) is 3.01. The Hall–Kier alpha value is -0.0800. The smallest absolute Gasteiger partial charge is 0.0757 e. The van der Waals surface area contributed by atoms with Crippen molar-refractivity contribution in [3.8, 4) is 0 Å². The summed E-state index contributed by atoms with van der Waals surface area (Å²) in [5, 5.41) is 3.80. The lowest BCUT2D eigenvalue weighted by Gasteiger charge is -2.24. The number of rotatable bonds is 8. The van der Waals surface area contributed by atoms with Crippen LogP contribution in [0.1, 0.15) is 65.2 Å². The minimum atomic E-state index is 0.535. The minimum absolute atomic E-state index is 0.535. The van der Waals surface area contributed by atoms with Crippen molar-refractivity contribution in [3.63, 3.8) is 0 Å². The zero-order valence-electron chi connectivity index (χ0n) is 11.6. The summed E-state index contributed by atoms with van der Waals surface area (Å²) < 4.78 is 5.87. The van der Waals surface area contributed by atoms with E-state index in [2.05, 4.69) is 19.2 Å². The molecule has 17 heavy (non-hydrogen) atoms. The van der Waals surface area contributed by atoms with Gasteiger partial charge in [0.2, 0.25) is 0 Å². The summed E-state index contributed by atoms with van der Waals surface area (Å²) in [5.41, 5.74) is 0. The first-order valence-corrected chi connectivity index (χ1v) is 7.69. The fourth-order valence-electron chi connectivity index (χ4n) is 3.01. The van der Waals surface area contributed by atoms with E-state index < -0.39 is 0 Å². The van der Waals surface area contributed by atoms with Crippen LogP contribution >= 0.6 is 0 Å². The molecule has 1 aliphatic heterocycles. The van der Waals surface area contributed by atoms with E-state index in [0.717, 1.165) is 12.5 Å². The SMILES string of the molecule is CCCCCCC(C)NC1CCOC1C1CC1. The van der Waals surface area contributed by atoms with E-state index >= 15 is 0 Å². The zero-order chi connectivity index (χ0) is 12.1. The van der Waals surface area contributed by atoms with Crippen LogP contribution in [0, 0.1) is 5.92 Å². The van der Waals surface area contributed by atoms with Crippen molar-refractivity contribution in [2.24, 2.45) is 5.92 Å². The maximum absolute atomic E-state index is 5.87. The highest BCUT2D eigenvalue weighted by atomic mass is 16.5. The molecule has 0 spiro atoms. The highest BCUT2D eigenvalue weighted by Crippen LogP contribution is 2.38. The van der Waals surface area contributed by atoms with E-state index in [1.165, 1.54) is 51.4 Å². The fraction of sp³-hybridized carbons (Fsp3) is 1.00. The third-order valence-electron chi connectivity index (χ3n) is 4.21. The van der Waals surface area contributed by atoms with E-state index in [0.29, 0.717) is 18.2 Å². The van der Waals surface area contributed by atoms with E-state index in [9.17, 15) is 0 Å². The van der Waals surface area contributed by atoms with Crippen LogP contribution < -0.4 is 5.32 Å². The standard InChI is InChI=1S/C15H29NO/c1-3-4-5-6-7-12(2)16-14-10-11-17-15(14)13-8-9-13/h12-16H,3-11H2,1-2H3. The highest BCUT2D eigenvalue weighted by Gasteiger charge is 2.40. The molecule has 1 saturated heterocycles. The average Bonchev–Trinajstić information content (AvgIpc) is 3.06. The van der Waals surface area contributed by atoms with Crippen LogP contribution in [0.4, 0.5) is 0 Å².